The minimum Gasteiger partial charge on any atom is -1.00 e. The van der Waals surface area contributed by atoms with E-state index in [4.69, 9.17) is 22.1 Å². The number of hydrogen-bond donors (Lipinski definition) is 2. The Morgan fingerprint density at radius 2 is 0.788 bits per heavy atom. The van der Waals surface area contributed by atoms with Crippen LogP contribution in [0.5, 0.6) is 0 Å². The van der Waals surface area contributed by atoms with E-state index in [9.17, 15) is 37.4 Å². The van der Waals surface area contributed by atoms with Crippen LogP contribution in [0.2, 0.25) is 0 Å². The summed E-state index contributed by atoms with van der Waals surface area (Å²) in [5, 5.41) is 21.0. The molecule has 85 heavy (non-hydrogen) atoms. The zero-order valence-corrected chi connectivity index (χ0v) is 59.8. The van der Waals surface area contributed by atoms with Gasteiger partial charge in [0.25, 0.3) is 0 Å². The molecule has 9 nitrogen and oxygen atoms in total. The van der Waals surface area contributed by atoms with Gasteiger partial charge in [-0.05, 0) is 208 Å². The number of aliphatic hydroxyl groups is 2. The molecule has 4 aromatic rings. The van der Waals surface area contributed by atoms with E-state index < -0.39 is 46.1 Å². The molecule has 8 aliphatic carbocycles. The second-order valence-corrected chi connectivity index (χ2v) is 35.2. The molecule has 4 atom stereocenters. The standard InChI is InChI=1S/C20H26I.C20H25I.C14H20F2O3.C13H17F2O3.ClH.Na.O3S/c2*1-19(2,3)15-7-11-17(12-8-15)21-18-13-9-16(10-14-18)20(4,5)6;1-12(15,16)11(17)19-8-13-3-9-2-10(4-13)6-14(18,5-9)7-13;14-10(15)11(16)18-7-12-2-8-1-9(3-12)5-13(17,4-8)6-12;;;1-4(2)3/h7-14H,1-6H3;7-14H,1H2,2-6H3;9-10,18H,2-8H2,1H3;8-9,17H,1-7H2;1H;;/q+1;+2;;-1;;+1;/p-1. The molecule has 12 rings (SSSR count). The minimum absolute atomic E-state index is 0. The van der Waals surface area contributed by atoms with Crippen LogP contribution >= 0.6 is 0 Å². The van der Waals surface area contributed by atoms with Crippen molar-refractivity contribution in [3.63, 3.8) is 0 Å². The van der Waals surface area contributed by atoms with Crippen molar-refractivity contribution in [1.29, 1.82) is 0 Å². The third-order valence-electron chi connectivity index (χ3n) is 17.0. The largest absolute Gasteiger partial charge is 1.00 e. The second-order valence-electron chi connectivity index (χ2n) is 28.7. The van der Waals surface area contributed by atoms with Crippen LogP contribution in [0.15, 0.2) is 97.1 Å². The van der Waals surface area contributed by atoms with Gasteiger partial charge in [-0.15, -0.1) is 12.6 Å². The van der Waals surface area contributed by atoms with Crippen molar-refractivity contribution in [2.75, 3.05) is 13.2 Å². The number of rotatable bonds is 11. The average molecular weight is 1460 g/mol. The summed E-state index contributed by atoms with van der Waals surface area (Å²) in [6, 6.07) is 36.6. The number of esters is 2. The van der Waals surface area contributed by atoms with Gasteiger partial charge in [-0.25, -0.2) is 4.79 Å². The molecule has 0 heterocycles. The maximum atomic E-state index is 12.8. The maximum absolute atomic E-state index is 12.8. The first-order valence-corrected chi connectivity index (χ1v) is 34.2. The first-order valence-electron chi connectivity index (χ1n) is 28.8. The Hall–Kier alpha value is -2.43. The predicted molar refractivity (Wildman–Crippen MR) is 307 cm³/mol. The van der Waals surface area contributed by atoms with Crippen molar-refractivity contribution in [3.05, 3.63) is 147 Å². The number of alkyl halides is 2. The van der Waals surface area contributed by atoms with Gasteiger partial charge in [0.15, 0.2) is 14.3 Å². The first-order chi connectivity index (χ1) is 38.1. The van der Waals surface area contributed by atoms with E-state index >= 15 is 0 Å². The first kappa shape index (κ1) is 75.0. The van der Waals surface area contributed by atoms with Gasteiger partial charge in [-0.2, -0.15) is 8.78 Å². The molecule has 0 aromatic heterocycles. The molecule has 8 fully saturated rings. The Kier molecular flexibility index (Phi) is 26.2. The summed E-state index contributed by atoms with van der Waals surface area (Å²) in [5.74, 6) is -4.53. The van der Waals surface area contributed by atoms with Gasteiger partial charge in [-0.1, -0.05) is 98.7 Å². The van der Waals surface area contributed by atoms with Crippen LogP contribution in [0, 0.1) is 62.1 Å². The predicted octanol–water partition coefficient (Wildman–Crippen LogP) is 2.44. The van der Waals surface area contributed by atoms with Crippen molar-refractivity contribution >= 4 is 22.5 Å². The van der Waals surface area contributed by atoms with Crippen molar-refractivity contribution in [2.24, 2.45) is 34.5 Å². The van der Waals surface area contributed by atoms with E-state index in [2.05, 4.69) is 180 Å². The van der Waals surface area contributed by atoms with E-state index in [0.29, 0.717) is 43.4 Å². The molecule has 0 amide bonds. The number of ether oxygens (including phenoxy) is 2. The van der Waals surface area contributed by atoms with Gasteiger partial charge in [-0.3, -0.25) is 4.79 Å². The number of carbonyl (C=O) groups is 2. The maximum Gasteiger partial charge on any atom is 1.00 e. The van der Waals surface area contributed by atoms with Crippen LogP contribution in [0.25, 0.3) is 0 Å². The summed E-state index contributed by atoms with van der Waals surface area (Å²) in [6.45, 7) is 29.5. The van der Waals surface area contributed by atoms with Gasteiger partial charge in [0.05, 0.1) is 31.3 Å². The molecule has 8 bridgehead atoms. The fourth-order valence-corrected chi connectivity index (χ4v) is 18.3. The molecule has 0 saturated heterocycles. The van der Waals surface area contributed by atoms with Crippen LogP contribution < -0.4 is 84.4 Å². The monoisotopic (exact) mass is 1460 g/mol. The summed E-state index contributed by atoms with van der Waals surface area (Å²) in [5.41, 5.74) is 4.43. The van der Waals surface area contributed by atoms with Gasteiger partial charge in [0, 0.05) is 29.7 Å². The molecule has 2 N–H and O–H groups in total. The van der Waals surface area contributed by atoms with E-state index in [1.807, 2.05) is 0 Å². The molecule has 18 heteroatoms. The summed E-state index contributed by atoms with van der Waals surface area (Å²) >= 11 is -0.161. The zero-order chi connectivity index (χ0) is 61.8. The Morgan fingerprint density at radius 3 is 1.01 bits per heavy atom. The molecule has 0 spiro atoms. The second kappa shape index (κ2) is 29.7. The number of halogens is 7. The van der Waals surface area contributed by atoms with Crippen molar-refractivity contribution < 1.29 is 144 Å². The third kappa shape index (κ3) is 22.5. The number of hydrogen-bond acceptors (Lipinski definition) is 9. The molecular formula is C67H88ClF4I2NaO9S+2. The van der Waals surface area contributed by atoms with Gasteiger partial charge < -0.3 is 40.9 Å². The molecule has 0 aliphatic heterocycles. The van der Waals surface area contributed by atoms with E-state index in [-0.39, 0.29) is 130 Å². The smallest absolute Gasteiger partial charge is 1.00 e. The molecule has 464 valence electrons. The molecule has 8 aliphatic rings. The van der Waals surface area contributed by atoms with Crippen LogP contribution in [0.1, 0.15) is 182 Å². The summed E-state index contributed by atoms with van der Waals surface area (Å²) in [7, 11) is -3.11. The molecule has 8 saturated carbocycles. The van der Waals surface area contributed by atoms with Crippen LogP contribution in [0.4, 0.5) is 17.6 Å². The van der Waals surface area contributed by atoms with E-state index in [1.54, 1.807) is 0 Å². The summed E-state index contributed by atoms with van der Waals surface area (Å²) in [4.78, 5) is 22.0. The molecule has 4 aromatic carbocycles. The molecular weight excluding hydrogens is 1370 g/mol. The fraction of sp³-hybridized carbons (Fsp3) is 0.582. The van der Waals surface area contributed by atoms with Gasteiger partial charge in [0.1, 0.15) is 5.41 Å². The van der Waals surface area contributed by atoms with Gasteiger partial charge >= 0.3 is 94.5 Å². The van der Waals surface area contributed by atoms with Crippen molar-refractivity contribution in [2.45, 2.75) is 199 Å². The molecule has 0 radical (unpaired) electrons. The Labute approximate surface area is 554 Å². The Bertz CT molecular complexity index is 2680. The van der Waals surface area contributed by atoms with Crippen LogP contribution in [0.3, 0.4) is 0 Å². The van der Waals surface area contributed by atoms with E-state index in [0.717, 1.165) is 64.2 Å². The van der Waals surface area contributed by atoms with Crippen molar-refractivity contribution in [1.82, 2.24) is 0 Å². The third-order valence-corrected chi connectivity index (χ3v) is 22.4. The number of benzene rings is 4. The number of carbonyl (C=O) groups excluding carboxylic acids is 2. The quantitative estimate of drug-likeness (QED) is 0.0762. The Morgan fingerprint density at radius 1 is 0.529 bits per heavy atom. The van der Waals surface area contributed by atoms with E-state index in [1.165, 1.54) is 36.5 Å². The van der Waals surface area contributed by atoms with Crippen LogP contribution in [-0.4, -0.2) is 65.1 Å². The SMILES string of the molecule is CC(C)(C)c1ccc([I+]c2ccc(C(C)(C)C)cc2)cc1.CC(F)(F)C(=O)OCC12CC3CC(CC(O)(C3)C1)C2.O=C(OCC12CC3CC(CC(O)(C3)C1)C2)[C-](F)F.O=S(=O)=O.[CH2+]C(C)(C)c1ccc([I+]c2ccc(C(C)(C)C)cc2)cc1.[Cl-].[Na+]. The summed E-state index contributed by atoms with van der Waals surface area (Å²) in [6.07, 6.45) is 8.02. The minimum atomic E-state index is -3.43. The molecule has 4 unspecified atom stereocenters. The average Bonchev–Trinajstić information content (AvgIpc) is 1.12. The topological polar surface area (TPSA) is 144 Å². The summed E-state index contributed by atoms with van der Waals surface area (Å²) < 4.78 is 90.6. The van der Waals surface area contributed by atoms with Crippen LogP contribution in [-0.2, 0) is 51.3 Å². The zero-order valence-electron chi connectivity index (χ0n) is 52.0. The van der Waals surface area contributed by atoms with Gasteiger partial charge in [0.2, 0.25) is 5.97 Å². The Balaban J connectivity index is 0.000000236. The normalized spacial score (nSPS) is 25.9. The fourth-order valence-electron chi connectivity index (χ4n) is 14.0. The van der Waals surface area contributed by atoms with Crippen molar-refractivity contribution in [3.8, 4) is 0 Å².